The van der Waals surface area contributed by atoms with Crippen LogP contribution in [0.3, 0.4) is 0 Å². The third-order valence-electron chi connectivity index (χ3n) is 4.89. The Kier molecular flexibility index (Phi) is 6.47. The lowest BCUT2D eigenvalue weighted by atomic mass is 10.1. The van der Waals surface area contributed by atoms with E-state index in [1.165, 1.54) is 0 Å². The molecule has 0 fully saturated rings. The average Bonchev–Trinajstić information content (AvgIpc) is 2.93. The van der Waals surface area contributed by atoms with Gasteiger partial charge in [0.15, 0.2) is 12.1 Å². The Morgan fingerprint density at radius 1 is 1.03 bits per heavy atom. The van der Waals surface area contributed by atoms with Gasteiger partial charge in [-0.1, -0.05) is 29.8 Å². The lowest BCUT2D eigenvalue weighted by Crippen LogP contribution is -2.54. The average molecular weight is 427 g/mol. The highest BCUT2D eigenvalue weighted by Gasteiger charge is 2.26. The number of aliphatic hydroxyl groups is 2. The van der Waals surface area contributed by atoms with E-state index in [0.29, 0.717) is 35.8 Å². The predicted octanol–water partition coefficient (Wildman–Crippen LogP) is 3.17. The summed E-state index contributed by atoms with van der Waals surface area (Å²) in [6, 6.07) is 16.7. The third-order valence-corrected chi connectivity index (χ3v) is 5.13. The second-order valence-electron chi connectivity index (χ2n) is 7.02. The van der Waals surface area contributed by atoms with Gasteiger partial charge >= 0.3 is 0 Å². The summed E-state index contributed by atoms with van der Waals surface area (Å²) in [4.78, 5) is 5.70. The van der Waals surface area contributed by atoms with E-state index in [1.54, 1.807) is 35.5 Å². The van der Waals surface area contributed by atoms with E-state index < -0.39 is 12.6 Å². The number of rotatable bonds is 7. The van der Waals surface area contributed by atoms with Gasteiger partial charge in [-0.2, -0.15) is 0 Å². The standard InChI is InChI=1S/C22H23ClN4O3/c23-17-6-7-20-18(13-17)27(14-16-3-1-2-4-19(16)30-20)22(29)26-25-21(28)8-5-15-9-11-24-12-10-15/h1-4,6-7,9-13,21-22,25-26,28-29H,5,8,14H2. The lowest BCUT2D eigenvalue weighted by molar-refractivity contribution is 0.0501. The van der Waals surface area contributed by atoms with Crippen molar-refractivity contribution in [1.29, 1.82) is 0 Å². The summed E-state index contributed by atoms with van der Waals surface area (Å²) in [7, 11) is 0. The molecule has 3 aromatic rings. The number of fused-ring (bicyclic) bond motifs is 2. The number of anilines is 1. The molecule has 4 N–H and O–H groups in total. The van der Waals surface area contributed by atoms with Crippen molar-refractivity contribution in [3.63, 3.8) is 0 Å². The Hall–Kier alpha value is -2.68. The molecular weight excluding hydrogens is 404 g/mol. The minimum absolute atomic E-state index is 0.395. The highest BCUT2D eigenvalue weighted by Crippen LogP contribution is 2.40. The minimum atomic E-state index is -1.13. The highest BCUT2D eigenvalue weighted by molar-refractivity contribution is 6.31. The molecule has 0 amide bonds. The molecule has 0 radical (unpaired) electrons. The number of aliphatic hydroxyl groups excluding tert-OH is 2. The summed E-state index contributed by atoms with van der Waals surface area (Å²) in [5.41, 5.74) is 8.19. The fraction of sp³-hybridized carbons (Fsp3) is 0.227. The number of nitrogens with one attached hydrogen (secondary N) is 2. The second kappa shape index (κ2) is 9.42. The van der Waals surface area contributed by atoms with E-state index in [2.05, 4.69) is 15.8 Å². The summed E-state index contributed by atoms with van der Waals surface area (Å²) in [6.45, 7) is 0.395. The maximum atomic E-state index is 10.8. The molecular formula is C22H23ClN4O3. The summed E-state index contributed by atoms with van der Waals surface area (Å²) >= 11 is 6.19. The van der Waals surface area contributed by atoms with Gasteiger partial charge in [0.1, 0.15) is 12.0 Å². The van der Waals surface area contributed by atoms with Crippen LogP contribution in [0.1, 0.15) is 17.5 Å². The fourth-order valence-corrected chi connectivity index (χ4v) is 3.48. The van der Waals surface area contributed by atoms with Gasteiger partial charge in [0.05, 0.1) is 12.2 Å². The first-order valence-corrected chi connectivity index (χ1v) is 10.1. The molecule has 7 nitrogen and oxygen atoms in total. The first kappa shape index (κ1) is 20.6. The molecule has 0 saturated carbocycles. The molecule has 1 aliphatic heterocycles. The largest absolute Gasteiger partial charge is 0.455 e. The van der Waals surface area contributed by atoms with E-state index in [0.717, 1.165) is 16.9 Å². The van der Waals surface area contributed by atoms with Crippen molar-refractivity contribution in [2.45, 2.75) is 32.0 Å². The normalized spacial score (nSPS) is 14.8. The number of aromatic nitrogens is 1. The molecule has 30 heavy (non-hydrogen) atoms. The van der Waals surface area contributed by atoms with Crippen molar-refractivity contribution in [2.24, 2.45) is 0 Å². The zero-order chi connectivity index (χ0) is 20.9. The highest BCUT2D eigenvalue weighted by atomic mass is 35.5. The zero-order valence-electron chi connectivity index (χ0n) is 16.2. The van der Waals surface area contributed by atoms with Crippen LogP contribution in [0.25, 0.3) is 0 Å². The van der Waals surface area contributed by atoms with Crippen molar-refractivity contribution in [3.05, 3.63) is 83.1 Å². The monoisotopic (exact) mass is 426 g/mol. The van der Waals surface area contributed by atoms with Crippen molar-refractivity contribution in [2.75, 3.05) is 4.90 Å². The molecule has 2 heterocycles. The number of halogens is 1. The molecule has 0 bridgehead atoms. The first-order chi connectivity index (χ1) is 14.6. The van der Waals surface area contributed by atoms with E-state index in [1.807, 2.05) is 36.4 Å². The minimum Gasteiger partial charge on any atom is -0.455 e. The number of hydrogen-bond acceptors (Lipinski definition) is 7. The Labute approximate surface area is 179 Å². The van der Waals surface area contributed by atoms with Crippen LogP contribution < -0.4 is 20.5 Å². The lowest BCUT2D eigenvalue weighted by Gasteiger charge is -2.31. The van der Waals surface area contributed by atoms with Gasteiger partial charge in [0.25, 0.3) is 0 Å². The van der Waals surface area contributed by atoms with Gasteiger partial charge in [-0.15, -0.1) is 0 Å². The van der Waals surface area contributed by atoms with E-state index in [9.17, 15) is 10.2 Å². The fourth-order valence-electron chi connectivity index (χ4n) is 3.31. The maximum Gasteiger partial charge on any atom is 0.197 e. The van der Waals surface area contributed by atoms with Crippen LogP contribution in [0.15, 0.2) is 67.0 Å². The van der Waals surface area contributed by atoms with Crippen LogP contribution >= 0.6 is 11.6 Å². The van der Waals surface area contributed by atoms with E-state index in [-0.39, 0.29) is 0 Å². The molecule has 4 rings (SSSR count). The van der Waals surface area contributed by atoms with Gasteiger partial charge in [0.2, 0.25) is 0 Å². The predicted molar refractivity (Wildman–Crippen MR) is 115 cm³/mol. The van der Waals surface area contributed by atoms with Gasteiger partial charge in [-0.3, -0.25) is 4.98 Å². The van der Waals surface area contributed by atoms with Crippen LogP contribution in [0.5, 0.6) is 11.5 Å². The molecule has 2 aromatic carbocycles. The van der Waals surface area contributed by atoms with Crippen LogP contribution in [0.2, 0.25) is 5.02 Å². The number of ether oxygens (including phenoxy) is 1. The van der Waals surface area contributed by atoms with Crippen LogP contribution in [-0.2, 0) is 13.0 Å². The first-order valence-electron chi connectivity index (χ1n) is 9.68. The summed E-state index contributed by atoms with van der Waals surface area (Å²) < 4.78 is 6.04. The topological polar surface area (TPSA) is 89.9 Å². The number of hydrogen-bond donors (Lipinski definition) is 4. The molecule has 1 aromatic heterocycles. The zero-order valence-corrected chi connectivity index (χ0v) is 17.0. The number of para-hydroxylation sites is 1. The molecule has 0 saturated heterocycles. The molecule has 2 unspecified atom stereocenters. The Morgan fingerprint density at radius 2 is 1.83 bits per heavy atom. The number of aryl methyl sites for hydroxylation is 1. The number of hydrazine groups is 1. The Bertz CT molecular complexity index is 989. The maximum absolute atomic E-state index is 10.8. The molecule has 2 atom stereocenters. The number of benzene rings is 2. The van der Waals surface area contributed by atoms with Gasteiger partial charge in [-0.05, 0) is 54.8 Å². The SMILES string of the molecule is OC(CCc1ccncc1)NNC(O)N1Cc2ccccc2Oc2ccc(Cl)cc21. The second-order valence-corrected chi connectivity index (χ2v) is 7.46. The Morgan fingerprint density at radius 3 is 2.67 bits per heavy atom. The van der Waals surface area contributed by atoms with Crippen LogP contribution in [-0.4, -0.2) is 27.8 Å². The molecule has 156 valence electrons. The van der Waals surface area contributed by atoms with Gasteiger partial charge < -0.3 is 19.8 Å². The molecule has 0 spiro atoms. The van der Waals surface area contributed by atoms with Crippen molar-refractivity contribution >= 4 is 17.3 Å². The van der Waals surface area contributed by atoms with Crippen LogP contribution in [0, 0.1) is 0 Å². The van der Waals surface area contributed by atoms with Crippen molar-refractivity contribution < 1.29 is 14.9 Å². The molecule has 8 heteroatoms. The molecule has 1 aliphatic rings. The Balaban J connectivity index is 1.44. The van der Waals surface area contributed by atoms with Gasteiger partial charge in [-0.25, -0.2) is 10.9 Å². The quantitative estimate of drug-likeness (QED) is 0.341. The van der Waals surface area contributed by atoms with Gasteiger partial charge in [0, 0.05) is 23.0 Å². The summed E-state index contributed by atoms with van der Waals surface area (Å²) in [6.07, 6.45) is 2.61. The molecule has 0 aliphatic carbocycles. The summed E-state index contributed by atoms with van der Waals surface area (Å²) in [5, 5.41) is 21.6. The van der Waals surface area contributed by atoms with Crippen molar-refractivity contribution in [3.8, 4) is 11.5 Å². The van der Waals surface area contributed by atoms with Crippen LogP contribution in [0.4, 0.5) is 5.69 Å². The summed E-state index contributed by atoms with van der Waals surface area (Å²) in [5.74, 6) is 1.31. The van der Waals surface area contributed by atoms with Crippen molar-refractivity contribution in [1.82, 2.24) is 15.8 Å². The smallest absolute Gasteiger partial charge is 0.197 e. The van der Waals surface area contributed by atoms with E-state index in [4.69, 9.17) is 16.3 Å². The van der Waals surface area contributed by atoms with E-state index >= 15 is 0 Å². The third kappa shape index (κ3) is 4.89. The number of pyridine rings is 1. The number of nitrogens with zero attached hydrogens (tertiary/aromatic N) is 2.